The third-order valence-electron chi connectivity index (χ3n) is 2.08. The van der Waals surface area contributed by atoms with E-state index in [0.717, 1.165) is 0 Å². The number of hydrogen-bond acceptors (Lipinski definition) is 6. The van der Waals surface area contributed by atoms with Crippen molar-refractivity contribution in [3.63, 3.8) is 0 Å². The molecule has 5 N–H and O–H groups in total. The molecule has 0 saturated carbocycles. The largest absolute Gasteiger partial charge is 0.481 e. The van der Waals surface area contributed by atoms with Gasteiger partial charge in [0.05, 0.1) is 12.8 Å². The minimum absolute atomic E-state index is 0.921. The standard InChI is InChI=1S/C6H10NO11PS/c8-3(9)1-6(5(12)13,2-4(10)11)7(19(14)15)20(16,17)18/h19H,1-2H2,(H,8,9)(H,10,11)(H,12,13)(H,14,15)(H,16,17,18). The molecule has 116 valence electrons. The predicted molar refractivity (Wildman–Crippen MR) is 59.5 cm³/mol. The summed E-state index contributed by atoms with van der Waals surface area (Å²) >= 11 is 0. The van der Waals surface area contributed by atoms with Gasteiger partial charge in [0.1, 0.15) is 0 Å². The third kappa shape index (κ3) is 4.25. The van der Waals surface area contributed by atoms with Crippen LogP contribution >= 0.6 is 8.18 Å². The van der Waals surface area contributed by atoms with Crippen LogP contribution < -0.4 is 0 Å². The molecule has 0 bridgehead atoms. The molecule has 0 aliphatic heterocycles. The molecule has 0 fully saturated rings. The number of rotatable bonds is 8. The molecule has 20 heavy (non-hydrogen) atoms. The Bertz CT molecular complexity index is 537. The second-order valence-corrected chi connectivity index (χ2v) is 6.10. The lowest BCUT2D eigenvalue weighted by Gasteiger charge is -2.33. The van der Waals surface area contributed by atoms with Gasteiger partial charge in [0.15, 0.2) is 5.54 Å². The zero-order valence-corrected chi connectivity index (χ0v) is 11.3. The smallest absolute Gasteiger partial charge is 0.344 e. The van der Waals surface area contributed by atoms with Crippen molar-refractivity contribution in [2.75, 3.05) is 0 Å². The molecule has 12 nitrogen and oxygen atoms in total. The van der Waals surface area contributed by atoms with Crippen LogP contribution in [-0.2, 0) is 29.3 Å². The van der Waals surface area contributed by atoms with Crippen LogP contribution in [-0.4, -0.2) is 60.7 Å². The van der Waals surface area contributed by atoms with E-state index in [2.05, 4.69) is 0 Å². The van der Waals surface area contributed by atoms with Crippen LogP contribution in [0.3, 0.4) is 0 Å². The lowest BCUT2D eigenvalue weighted by atomic mass is 9.92. The minimum Gasteiger partial charge on any atom is -0.481 e. The molecular weight excluding hydrogens is 325 g/mol. The average Bonchev–Trinajstić information content (AvgIpc) is 2.10. The molecule has 14 heteroatoms. The van der Waals surface area contributed by atoms with Crippen LogP contribution in [0.4, 0.5) is 0 Å². The van der Waals surface area contributed by atoms with Gasteiger partial charge in [-0.2, -0.15) is 8.42 Å². The van der Waals surface area contributed by atoms with E-state index in [-0.39, 0.29) is 0 Å². The molecule has 1 unspecified atom stereocenters. The van der Waals surface area contributed by atoms with Gasteiger partial charge in [-0.1, -0.05) is 4.08 Å². The number of carbonyl (C=O) groups is 3. The van der Waals surface area contributed by atoms with Crippen LogP contribution in [0.2, 0.25) is 0 Å². The topological polar surface area (TPSA) is 207 Å². The van der Waals surface area contributed by atoms with Gasteiger partial charge < -0.3 is 20.2 Å². The van der Waals surface area contributed by atoms with E-state index < -0.39 is 58.8 Å². The molecule has 0 heterocycles. The fourth-order valence-electron chi connectivity index (χ4n) is 1.45. The second-order valence-electron chi connectivity index (χ2n) is 3.50. The monoisotopic (exact) mass is 335 g/mol. The summed E-state index contributed by atoms with van der Waals surface area (Å²) in [5.74, 6) is -6.22. The minimum atomic E-state index is -5.65. The van der Waals surface area contributed by atoms with E-state index in [9.17, 15) is 27.4 Å². The van der Waals surface area contributed by atoms with Crippen molar-refractivity contribution in [2.45, 2.75) is 18.4 Å². The van der Waals surface area contributed by atoms with Crippen molar-refractivity contribution in [3.8, 4) is 0 Å². The molecule has 0 amide bonds. The fourth-order valence-corrected chi connectivity index (χ4v) is 3.51. The van der Waals surface area contributed by atoms with Crippen LogP contribution in [0.5, 0.6) is 0 Å². The predicted octanol–water partition coefficient (Wildman–Crippen LogP) is -1.75. The summed E-state index contributed by atoms with van der Waals surface area (Å²) in [6.07, 6.45) is -3.29. The van der Waals surface area contributed by atoms with Crippen LogP contribution in [0.25, 0.3) is 0 Å². The Morgan fingerprint density at radius 3 is 1.55 bits per heavy atom. The Balaban J connectivity index is 6.30. The fraction of sp³-hybridized carbons (Fsp3) is 0.500. The first-order valence-corrected chi connectivity index (χ1v) is 7.22. The number of aliphatic carboxylic acids is 3. The van der Waals surface area contributed by atoms with Crippen molar-refractivity contribution in [1.82, 2.24) is 4.08 Å². The summed E-state index contributed by atoms with van der Waals surface area (Å²) in [5, 5.41) is 26.1. The molecular formula is C6H10NO11PS. The maximum Gasteiger partial charge on any atom is 0.344 e. The molecule has 0 rings (SSSR count). The quantitative estimate of drug-likeness (QED) is 0.248. The molecule has 0 aromatic heterocycles. The van der Waals surface area contributed by atoms with Crippen LogP contribution in [0, 0.1) is 0 Å². The number of carboxylic acid groups (broad SMARTS) is 3. The highest BCUT2D eigenvalue weighted by molar-refractivity contribution is 7.87. The number of carboxylic acids is 3. The highest BCUT2D eigenvalue weighted by Gasteiger charge is 2.55. The van der Waals surface area contributed by atoms with Gasteiger partial charge in [-0.3, -0.25) is 23.5 Å². The van der Waals surface area contributed by atoms with E-state index >= 15 is 0 Å². The Morgan fingerprint density at radius 1 is 1.05 bits per heavy atom. The van der Waals surface area contributed by atoms with Crippen molar-refractivity contribution >= 4 is 36.4 Å². The first kappa shape index (κ1) is 18.5. The first-order chi connectivity index (χ1) is 8.84. The summed E-state index contributed by atoms with van der Waals surface area (Å²) in [6, 6.07) is 0. The molecule has 0 aliphatic rings. The van der Waals surface area contributed by atoms with Crippen molar-refractivity contribution in [3.05, 3.63) is 0 Å². The zero-order chi connectivity index (χ0) is 16.3. The molecule has 0 radical (unpaired) electrons. The molecule has 1 atom stereocenters. The normalized spacial score (nSPS) is 13.9. The van der Waals surface area contributed by atoms with Gasteiger partial charge in [0.2, 0.25) is 0 Å². The summed E-state index contributed by atoms with van der Waals surface area (Å²) < 4.78 is 40.8. The van der Waals surface area contributed by atoms with E-state index in [1.165, 1.54) is 0 Å². The summed E-state index contributed by atoms with van der Waals surface area (Å²) in [5.41, 5.74) is -3.34. The lowest BCUT2D eigenvalue weighted by molar-refractivity contribution is -0.157. The summed E-state index contributed by atoms with van der Waals surface area (Å²) in [6.45, 7) is 0. The van der Waals surface area contributed by atoms with Crippen molar-refractivity contribution in [1.29, 1.82) is 0 Å². The first-order valence-electron chi connectivity index (χ1n) is 4.52. The molecule has 0 saturated heterocycles. The van der Waals surface area contributed by atoms with Crippen LogP contribution in [0.1, 0.15) is 12.8 Å². The summed E-state index contributed by atoms with van der Waals surface area (Å²) in [4.78, 5) is 41.2. The number of hydrogen-bond donors (Lipinski definition) is 5. The zero-order valence-electron chi connectivity index (χ0n) is 9.46. The summed E-state index contributed by atoms with van der Waals surface area (Å²) in [7, 11) is -10.1. The van der Waals surface area contributed by atoms with Crippen molar-refractivity contribution < 1.29 is 52.1 Å². The maximum absolute atomic E-state index is 11.1. The van der Waals surface area contributed by atoms with Gasteiger partial charge >= 0.3 is 28.2 Å². The lowest BCUT2D eigenvalue weighted by Crippen LogP contribution is -2.56. The maximum atomic E-state index is 11.1. The third-order valence-corrected chi connectivity index (χ3v) is 4.83. The Labute approximate surface area is 112 Å². The second kappa shape index (κ2) is 6.28. The van der Waals surface area contributed by atoms with Gasteiger partial charge in [0.25, 0.3) is 8.18 Å². The molecule has 0 spiro atoms. The highest BCUT2D eigenvalue weighted by Crippen LogP contribution is 2.39. The number of nitrogens with zero attached hydrogens (tertiary/aromatic N) is 1. The van der Waals surface area contributed by atoms with Crippen molar-refractivity contribution in [2.24, 2.45) is 0 Å². The van der Waals surface area contributed by atoms with E-state index in [1.54, 1.807) is 0 Å². The van der Waals surface area contributed by atoms with E-state index in [1.807, 2.05) is 0 Å². The van der Waals surface area contributed by atoms with E-state index in [4.69, 9.17) is 24.8 Å². The SMILES string of the molecule is O=C(O)CC(CC(=O)O)(C(=O)O)N([PH](=O)O)S(=O)(=O)O. The van der Waals surface area contributed by atoms with Gasteiger partial charge in [0, 0.05) is 0 Å². The van der Waals surface area contributed by atoms with Crippen LogP contribution in [0.15, 0.2) is 0 Å². The Hall–Kier alpha value is -1.53. The van der Waals surface area contributed by atoms with E-state index in [0.29, 0.717) is 0 Å². The van der Waals surface area contributed by atoms with Gasteiger partial charge in [-0.25, -0.2) is 0 Å². The Kier molecular flexibility index (Phi) is 5.80. The average molecular weight is 335 g/mol. The molecule has 0 aromatic rings. The highest BCUT2D eigenvalue weighted by atomic mass is 32.2. The van der Waals surface area contributed by atoms with Gasteiger partial charge in [-0.15, -0.1) is 0 Å². The van der Waals surface area contributed by atoms with Gasteiger partial charge in [-0.05, 0) is 0 Å². The molecule has 0 aliphatic carbocycles. The Morgan fingerprint density at radius 2 is 1.40 bits per heavy atom. The molecule has 0 aromatic carbocycles.